The number of ether oxygens (including phenoxy) is 2. The fourth-order valence-electron chi connectivity index (χ4n) is 2.27. The molecule has 1 unspecified atom stereocenters. The van der Waals surface area contributed by atoms with Gasteiger partial charge in [-0.2, -0.15) is 13.2 Å². The molecular formula is C20H23F3O3S. The Labute approximate surface area is 161 Å². The maximum absolute atomic E-state index is 12.6. The lowest BCUT2D eigenvalue weighted by molar-refractivity contribution is -0.137. The van der Waals surface area contributed by atoms with Crippen molar-refractivity contribution in [2.24, 2.45) is 0 Å². The van der Waals surface area contributed by atoms with Crippen molar-refractivity contribution in [3.05, 3.63) is 53.6 Å². The predicted molar refractivity (Wildman–Crippen MR) is 101 cm³/mol. The van der Waals surface area contributed by atoms with Crippen LogP contribution in [0.1, 0.15) is 24.5 Å². The lowest BCUT2D eigenvalue weighted by atomic mass is 10.2. The molecule has 0 fully saturated rings. The summed E-state index contributed by atoms with van der Waals surface area (Å²) >= 11 is 1.58. The number of phenols is 1. The summed E-state index contributed by atoms with van der Waals surface area (Å²) in [6.07, 6.45) is -3.70. The molecule has 0 bridgehead atoms. The van der Waals surface area contributed by atoms with Crippen molar-refractivity contribution in [1.82, 2.24) is 0 Å². The predicted octanol–water partition coefficient (Wildman–Crippen LogP) is 5.69. The van der Waals surface area contributed by atoms with Gasteiger partial charge in [-0.1, -0.05) is 6.92 Å². The van der Waals surface area contributed by atoms with E-state index in [0.29, 0.717) is 18.1 Å². The molecule has 0 heterocycles. The Morgan fingerprint density at radius 1 is 1.11 bits per heavy atom. The molecule has 3 nitrogen and oxygen atoms in total. The molecule has 0 aromatic heterocycles. The summed E-state index contributed by atoms with van der Waals surface area (Å²) in [5.41, 5.74) is 0.0962. The smallest absolute Gasteiger partial charge is 0.416 e. The van der Waals surface area contributed by atoms with Gasteiger partial charge in [0.25, 0.3) is 0 Å². The lowest BCUT2D eigenvalue weighted by Gasteiger charge is -2.18. The number of hydrogen-bond donors (Lipinski definition) is 1. The Bertz CT molecular complexity index is 717. The summed E-state index contributed by atoms with van der Waals surface area (Å²) in [6.45, 7) is 4.66. The molecule has 0 amide bonds. The summed E-state index contributed by atoms with van der Waals surface area (Å²) < 4.78 is 49.2. The Balaban J connectivity index is 1.92. The van der Waals surface area contributed by atoms with Gasteiger partial charge >= 0.3 is 6.18 Å². The van der Waals surface area contributed by atoms with Gasteiger partial charge in [0.05, 0.1) is 5.56 Å². The molecule has 0 saturated carbocycles. The van der Waals surface area contributed by atoms with Crippen molar-refractivity contribution in [3.8, 4) is 11.5 Å². The van der Waals surface area contributed by atoms with E-state index >= 15 is 0 Å². The minimum atomic E-state index is -4.36. The fourth-order valence-corrected chi connectivity index (χ4v) is 3.26. The first-order valence-electron chi connectivity index (χ1n) is 8.63. The van der Waals surface area contributed by atoms with Gasteiger partial charge in [-0.05, 0) is 61.4 Å². The fraction of sp³-hybridized carbons (Fsp3) is 0.400. The summed E-state index contributed by atoms with van der Waals surface area (Å²) in [5, 5.41) is 9.59. The highest BCUT2D eigenvalue weighted by Gasteiger charge is 2.30. The zero-order valence-electron chi connectivity index (χ0n) is 15.3. The topological polar surface area (TPSA) is 38.7 Å². The molecular weight excluding hydrogens is 377 g/mol. The lowest BCUT2D eigenvalue weighted by Crippen LogP contribution is -2.25. The van der Waals surface area contributed by atoms with Crippen LogP contribution in [0.3, 0.4) is 0 Å². The molecule has 0 aliphatic carbocycles. The summed E-state index contributed by atoms with van der Waals surface area (Å²) in [7, 11) is 0. The minimum Gasteiger partial charge on any atom is -0.508 e. The average Bonchev–Trinajstić information content (AvgIpc) is 2.63. The van der Waals surface area contributed by atoms with Gasteiger partial charge < -0.3 is 14.6 Å². The molecule has 2 aromatic carbocycles. The quantitative estimate of drug-likeness (QED) is 0.549. The zero-order valence-corrected chi connectivity index (χ0v) is 16.1. The number of hydrogen-bond acceptors (Lipinski definition) is 4. The number of halogens is 3. The van der Waals surface area contributed by atoms with Crippen molar-refractivity contribution in [2.45, 2.75) is 37.4 Å². The van der Waals surface area contributed by atoms with E-state index in [9.17, 15) is 18.3 Å². The Hall–Kier alpha value is -1.86. The molecule has 2 rings (SSSR count). The van der Waals surface area contributed by atoms with Crippen molar-refractivity contribution in [3.63, 3.8) is 0 Å². The largest absolute Gasteiger partial charge is 0.508 e. The SMILES string of the molecule is CCCOC(COc1ccc(C(F)(F)F)cc1)CSc1ccc(O)c(C)c1. The van der Waals surface area contributed by atoms with Crippen LogP contribution in [-0.4, -0.2) is 30.2 Å². The van der Waals surface area contributed by atoms with Crippen LogP contribution >= 0.6 is 11.8 Å². The number of thioether (sulfide) groups is 1. The van der Waals surface area contributed by atoms with Gasteiger partial charge in [0.2, 0.25) is 0 Å². The van der Waals surface area contributed by atoms with Crippen LogP contribution in [0.15, 0.2) is 47.4 Å². The minimum absolute atomic E-state index is 0.202. The molecule has 0 aliphatic rings. The van der Waals surface area contributed by atoms with Crippen LogP contribution in [0.5, 0.6) is 11.5 Å². The van der Waals surface area contributed by atoms with Gasteiger partial charge in [0, 0.05) is 17.3 Å². The Morgan fingerprint density at radius 2 is 1.81 bits per heavy atom. The van der Waals surface area contributed by atoms with Gasteiger partial charge in [0.1, 0.15) is 24.2 Å². The highest BCUT2D eigenvalue weighted by atomic mass is 32.2. The van der Waals surface area contributed by atoms with E-state index in [1.54, 1.807) is 17.8 Å². The highest BCUT2D eigenvalue weighted by Crippen LogP contribution is 2.30. The van der Waals surface area contributed by atoms with Crippen molar-refractivity contribution in [2.75, 3.05) is 19.0 Å². The van der Waals surface area contributed by atoms with Crippen LogP contribution in [0.2, 0.25) is 0 Å². The monoisotopic (exact) mass is 400 g/mol. The Kier molecular flexibility index (Phi) is 7.86. The van der Waals surface area contributed by atoms with Crippen molar-refractivity contribution >= 4 is 11.8 Å². The third-order valence-electron chi connectivity index (χ3n) is 3.78. The number of aromatic hydroxyl groups is 1. The molecule has 148 valence electrons. The summed E-state index contributed by atoms with van der Waals surface area (Å²) in [6, 6.07) is 10.0. The second kappa shape index (κ2) is 9.90. The van der Waals surface area contributed by atoms with Crippen LogP contribution in [-0.2, 0) is 10.9 Å². The van der Waals surface area contributed by atoms with E-state index < -0.39 is 11.7 Å². The maximum atomic E-state index is 12.6. The number of aryl methyl sites for hydroxylation is 1. The van der Waals surface area contributed by atoms with E-state index in [4.69, 9.17) is 9.47 Å². The third-order valence-corrected chi connectivity index (χ3v) is 4.91. The molecule has 27 heavy (non-hydrogen) atoms. The first-order valence-corrected chi connectivity index (χ1v) is 9.62. The standard InChI is InChI=1S/C20H23F3O3S/c1-3-10-25-17(13-27-18-8-9-19(24)14(2)11-18)12-26-16-6-4-15(5-7-16)20(21,22)23/h4-9,11,17,24H,3,10,12-13H2,1-2H3. The first-order chi connectivity index (χ1) is 12.8. The molecule has 0 spiro atoms. The molecule has 0 saturated heterocycles. The molecule has 0 aliphatic heterocycles. The Morgan fingerprint density at radius 3 is 2.41 bits per heavy atom. The van der Waals surface area contributed by atoms with E-state index in [-0.39, 0.29) is 18.5 Å². The van der Waals surface area contributed by atoms with Crippen LogP contribution < -0.4 is 4.74 Å². The molecule has 0 radical (unpaired) electrons. The van der Waals surface area contributed by atoms with Gasteiger partial charge in [-0.15, -0.1) is 11.8 Å². The highest BCUT2D eigenvalue weighted by molar-refractivity contribution is 7.99. The van der Waals surface area contributed by atoms with Gasteiger partial charge in [-0.3, -0.25) is 0 Å². The zero-order chi connectivity index (χ0) is 19.9. The van der Waals surface area contributed by atoms with Gasteiger partial charge in [0.15, 0.2) is 0 Å². The number of rotatable bonds is 9. The van der Waals surface area contributed by atoms with E-state index in [1.165, 1.54) is 12.1 Å². The first kappa shape index (κ1) is 21.4. The normalized spacial score (nSPS) is 12.8. The maximum Gasteiger partial charge on any atom is 0.416 e. The van der Waals surface area contributed by atoms with E-state index in [2.05, 4.69) is 0 Å². The molecule has 2 aromatic rings. The molecule has 1 N–H and O–H groups in total. The van der Waals surface area contributed by atoms with Crippen LogP contribution in [0.25, 0.3) is 0 Å². The number of benzene rings is 2. The number of alkyl halides is 3. The van der Waals surface area contributed by atoms with Crippen molar-refractivity contribution < 1.29 is 27.8 Å². The van der Waals surface area contributed by atoms with Gasteiger partial charge in [-0.25, -0.2) is 0 Å². The van der Waals surface area contributed by atoms with E-state index in [0.717, 1.165) is 29.0 Å². The number of phenolic OH excluding ortho intramolecular Hbond substituents is 1. The van der Waals surface area contributed by atoms with Crippen LogP contribution in [0.4, 0.5) is 13.2 Å². The second-order valence-electron chi connectivity index (χ2n) is 6.09. The van der Waals surface area contributed by atoms with E-state index in [1.807, 2.05) is 26.0 Å². The average molecular weight is 400 g/mol. The third kappa shape index (κ3) is 6.99. The molecule has 1 atom stereocenters. The molecule has 7 heteroatoms. The van der Waals surface area contributed by atoms with Crippen LogP contribution in [0, 0.1) is 6.92 Å². The van der Waals surface area contributed by atoms with Crippen molar-refractivity contribution in [1.29, 1.82) is 0 Å². The summed E-state index contributed by atoms with van der Waals surface area (Å²) in [5.74, 6) is 1.26. The second-order valence-corrected chi connectivity index (χ2v) is 7.18. The summed E-state index contributed by atoms with van der Waals surface area (Å²) in [4.78, 5) is 1.00.